The molecule has 1 heterocycles. The van der Waals surface area contributed by atoms with Gasteiger partial charge >= 0.3 is 0 Å². The molecule has 25 heavy (non-hydrogen) atoms. The van der Waals surface area contributed by atoms with Gasteiger partial charge in [0, 0.05) is 6.04 Å². The van der Waals surface area contributed by atoms with Gasteiger partial charge in [-0.3, -0.25) is 9.59 Å². The van der Waals surface area contributed by atoms with Crippen molar-refractivity contribution >= 4 is 16.8 Å². The van der Waals surface area contributed by atoms with E-state index in [9.17, 15) is 9.59 Å². The zero-order chi connectivity index (χ0) is 18.2. The van der Waals surface area contributed by atoms with Gasteiger partial charge in [0.25, 0.3) is 5.56 Å². The van der Waals surface area contributed by atoms with Crippen LogP contribution in [-0.2, 0) is 16.1 Å². The van der Waals surface area contributed by atoms with Gasteiger partial charge in [-0.05, 0) is 31.4 Å². The van der Waals surface area contributed by atoms with E-state index in [1.165, 1.54) is 0 Å². The second-order valence-electron chi connectivity index (χ2n) is 6.82. The number of aromatic amines is 1. The number of nitrogens with one attached hydrogen (secondary N) is 2. The monoisotopic (exact) mass is 345 g/mol. The number of H-pyrrole nitrogens is 1. The maximum absolute atomic E-state index is 12.0. The van der Waals surface area contributed by atoms with Gasteiger partial charge < -0.3 is 15.0 Å². The standard InChI is InChI=1S/C19H27N3O3/c1-13(2)7-6-8-14(3)20-18(23)12-25-11-17-21-16-10-5-4-9-15(16)19(24)22-17/h4-5,9-10,13-14H,6-8,11-12H2,1-3H3,(H,20,23)(H,21,22,24)/t14-/m1/s1. The van der Waals surface area contributed by atoms with Crippen molar-refractivity contribution in [2.24, 2.45) is 5.92 Å². The molecule has 2 aromatic rings. The minimum Gasteiger partial charge on any atom is -0.364 e. The molecule has 1 aromatic carbocycles. The van der Waals surface area contributed by atoms with E-state index in [0.29, 0.717) is 22.6 Å². The van der Waals surface area contributed by atoms with Crippen molar-refractivity contribution in [2.45, 2.75) is 52.7 Å². The molecular formula is C19H27N3O3. The molecule has 0 saturated heterocycles. The SMILES string of the molecule is CC(C)CCC[C@@H](C)NC(=O)COCc1nc2ccccc2c(=O)[nH]1. The van der Waals surface area contributed by atoms with Crippen molar-refractivity contribution in [1.29, 1.82) is 0 Å². The Balaban J connectivity index is 1.76. The molecule has 0 aliphatic carbocycles. The van der Waals surface area contributed by atoms with E-state index < -0.39 is 0 Å². The van der Waals surface area contributed by atoms with Crippen LogP contribution in [0, 0.1) is 5.92 Å². The minimum absolute atomic E-state index is 0.0505. The van der Waals surface area contributed by atoms with Gasteiger partial charge in [0.15, 0.2) is 0 Å². The molecule has 0 fully saturated rings. The van der Waals surface area contributed by atoms with Crippen LogP contribution < -0.4 is 10.9 Å². The molecule has 0 saturated carbocycles. The first kappa shape index (κ1) is 19.1. The van der Waals surface area contributed by atoms with Crippen molar-refractivity contribution in [3.63, 3.8) is 0 Å². The highest BCUT2D eigenvalue weighted by atomic mass is 16.5. The number of amides is 1. The van der Waals surface area contributed by atoms with Crippen molar-refractivity contribution < 1.29 is 9.53 Å². The molecule has 0 radical (unpaired) electrons. The molecule has 0 aliphatic heterocycles. The second-order valence-corrected chi connectivity index (χ2v) is 6.82. The molecule has 2 rings (SSSR count). The lowest BCUT2D eigenvalue weighted by Gasteiger charge is -2.14. The quantitative estimate of drug-likeness (QED) is 0.732. The topological polar surface area (TPSA) is 84.1 Å². The Labute approximate surface area is 148 Å². The number of aromatic nitrogens is 2. The summed E-state index contributed by atoms with van der Waals surface area (Å²) < 4.78 is 5.38. The Morgan fingerprint density at radius 2 is 2.00 bits per heavy atom. The summed E-state index contributed by atoms with van der Waals surface area (Å²) in [7, 11) is 0. The number of ether oxygens (including phenoxy) is 1. The molecule has 0 bridgehead atoms. The number of nitrogens with zero attached hydrogens (tertiary/aromatic N) is 1. The van der Waals surface area contributed by atoms with Gasteiger partial charge in [0.1, 0.15) is 19.0 Å². The van der Waals surface area contributed by atoms with E-state index in [0.717, 1.165) is 19.3 Å². The van der Waals surface area contributed by atoms with Crippen molar-refractivity contribution in [3.05, 3.63) is 40.4 Å². The second kappa shape index (κ2) is 9.32. The average Bonchev–Trinajstić information content (AvgIpc) is 2.54. The third-order valence-corrected chi connectivity index (χ3v) is 3.96. The molecule has 1 amide bonds. The molecule has 0 unspecified atom stereocenters. The van der Waals surface area contributed by atoms with Crippen molar-refractivity contribution in [3.8, 4) is 0 Å². The maximum atomic E-state index is 12.0. The smallest absolute Gasteiger partial charge is 0.258 e. The van der Waals surface area contributed by atoms with Crippen LogP contribution in [0.4, 0.5) is 0 Å². The number of rotatable bonds is 9. The van der Waals surface area contributed by atoms with E-state index in [1.54, 1.807) is 18.2 Å². The van der Waals surface area contributed by atoms with Crippen molar-refractivity contribution in [2.75, 3.05) is 6.61 Å². The van der Waals surface area contributed by atoms with Gasteiger partial charge in [-0.1, -0.05) is 38.8 Å². The van der Waals surface area contributed by atoms with Crippen molar-refractivity contribution in [1.82, 2.24) is 15.3 Å². The number of carbonyl (C=O) groups is 1. The lowest BCUT2D eigenvalue weighted by atomic mass is 10.0. The third kappa shape index (κ3) is 6.31. The van der Waals surface area contributed by atoms with Crippen LogP contribution in [0.15, 0.2) is 29.1 Å². The van der Waals surface area contributed by atoms with E-state index >= 15 is 0 Å². The Bertz CT molecular complexity index is 755. The molecule has 0 spiro atoms. The average molecular weight is 345 g/mol. The van der Waals surface area contributed by atoms with Gasteiger partial charge in [-0.15, -0.1) is 0 Å². The lowest BCUT2D eigenvalue weighted by Crippen LogP contribution is -2.35. The summed E-state index contributed by atoms with van der Waals surface area (Å²) in [5, 5.41) is 3.47. The fraction of sp³-hybridized carbons (Fsp3) is 0.526. The van der Waals surface area contributed by atoms with Gasteiger partial charge in [0.05, 0.1) is 10.9 Å². The van der Waals surface area contributed by atoms with E-state index in [4.69, 9.17) is 4.74 Å². The summed E-state index contributed by atoms with van der Waals surface area (Å²) in [4.78, 5) is 30.9. The Kier molecular flexibility index (Phi) is 7.13. The number of hydrogen-bond acceptors (Lipinski definition) is 4. The molecule has 6 heteroatoms. The van der Waals surface area contributed by atoms with Crippen LogP contribution in [0.1, 0.15) is 45.9 Å². The van der Waals surface area contributed by atoms with E-state index in [2.05, 4.69) is 29.1 Å². The molecule has 2 N–H and O–H groups in total. The van der Waals surface area contributed by atoms with Crippen LogP contribution in [0.25, 0.3) is 10.9 Å². The largest absolute Gasteiger partial charge is 0.364 e. The molecule has 1 aromatic heterocycles. The summed E-state index contributed by atoms with van der Waals surface area (Å²) in [6.45, 7) is 6.44. The summed E-state index contributed by atoms with van der Waals surface area (Å²) in [5.41, 5.74) is 0.417. The minimum atomic E-state index is -0.201. The maximum Gasteiger partial charge on any atom is 0.258 e. The van der Waals surface area contributed by atoms with Crippen LogP contribution in [0.3, 0.4) is 0 Å². The zero-order valence-corrected chi connectivity index (χ0v) is 15.2. The fourth-order valence-electron chi connectivity index (χ4n) is 2.66. The lowest BCUT2D eigenvalue weighted by molar-refractivity contribution is -0.126. The van der Waals surface area contributed by atoms with Gasteiger partial charge in [-0.25, -0.2) is 4.98 Å². The van der Waals surface area contributed by atoms with E-state index in [1.807, 2.05) is 13.0 Å². The highest BCUT2D eigenvalue weighted by Crippen LogP contribution is 2.08. The summed E-state index contributed by atoms with van der Waals surface area (Å²) in [5.74, 6) is 0.949. The fourth-order valence-corrected chi connectivity index (χ4v) is 2.66. The van der Waals surface area contributed by atoms with E-state index in [-0.39, 0.29) is 30.7 Å². The van der Waals surface area contributed by atoms with Crippen LogP contribution in [-0.4, -0.2) is 28.5 Å². The first-order valence-corrected chi connectivity index (χ1v) is 8.80. The Morgan fingerprint density at radius 3 is 2.76 bits per heavy atom. The first-order valence-electron chi connectivity index (χ1n) is 8.80. The predicted octanol–water partition coefficient (Wildman–Crippen LogP) is 2.77. The summed E-state index contributed by atoms with van der Waals surface area (Å²) >= 11 is 0. The third-order valence-electron chi connectivity index (χ3n) is 3.96. The number of hydrogen-bond donors (Lipinski definition) is 2. The normalized spacial score (nSPS) is 12.5. The number of fused-ring (bicyclic) bond motifs is 1. The molecule has 6 nitrogen and oxygen atoms in total. The number of para-hydroxylation sites is 1. The number of benzene rings is 1. The number of carbonyl (C=O) groups excluding carboxylic acids is 1. The van der Waals surface area contributed by atoms with Crippen LogP contribution >= 0.6 is 0 Å². The molecule has 1 atom stereocenters. The van der Waals surface area contributed by atoms with Crippen LogP contribution in [0.5, 0.6) is 0 Å². The Morgan fingerprint density at radius 1 is 1.24 bits per heavy atom. The molecule has 136 valence electrons. The molecule has 0 aliphatic rings. The summed E-state index contributed by atoms with van der Waals surface area (Å²) in [6, 6.07) is 7.25. The Hall–Kier alpha value is -2.21. The van der Waals surface area contributed by atoms with Gasteiger partial charge in [-0.2, -0.15) is 0 Å². The highest BCUT2D eigenvalue weighted by molar-refractivity contribution is 5.77. The predicted molar refractivity (Wildman–Crippen MR) is 98.3 cm³/mol. The van der Waals surface area contributed by atoms with Gasteiger partial charge in [0.2, 0.25) is 5.91 Å². The summed E-state index contributed by atoms with van der Waals surface area (Å²) in [6.07, 6.45) is 3.23. The van der Waals surface area contributed by atoms with Crippen LogP contribution in [0.2, 0.25) is 0 Å². The highest BCUT2D eigenvalue weighted by Gasteiger charge is 2.09. The first-order chi connectivity index (χ1) is 12.0. The zero-order valence-electron chi connectivity index (χ0n) is 15.2. The molecular weight excluding hydrogens is 318 g/mol.